The second kappa shape index (κ2) is 8.35. The highest BCUT2D eigenvalue weighted by Crippen LogP contribution is 2.25. The zero-order chi connectivity index (χ0) is 17.5. The molecule has 0 radical (unpaired) electrons. The number of hydrogen-bond acceptors (Lipinski definition) is 4. The van der Waals surface area contributed by atoms with Crippen LogP contribution >= 0.6 is 11.8 Å². The average Bonchev–Trinajstić information content (AvgIpc) is 2.64. The Morgan fingerprint density at radius 3 is 2.64 bits per heavy atom. The molecule has 5 heteroatoms. The molecule has 0 aliphatic carbocycles. The summed E-state index contributed by atoms with van der Waals surface area (Å²) in [7, 11) is 0. The monoisotopic (exact) mass is 350 g/mol. The maximum atomic E-state index is 11.9. The van der Waals surface area contributed by atoms with E-state index in [0.29, 0.717) is 17.7 Å². The van der Waals surface area contributed by atoms with Gasteiger partial charge in [0.05, 0.1) is 6.21 Å². The number of amides is 1. The summed E-state index contributed by atoms with van der Waals surface area (Å²) in [4.78, 5) is 13.0. The Bertz CT molecular complexity index is 895. The van der Waals surface area contributed by atoms with Crippen molar-refractivity contribution in [2.45, 2.75) is 11.3 Å². The smallest absolute Gasteiger partial charge is 0.240 e. The standard InChI is InChI=1S/C20H18N2O2S/c23-19-11-10-15-6-4-5-9-17(15)18(19)14-21-22-20(24)12-13-25-16-7-2-1-3-8-16/h1-11,14,23H,12-13H2,(H,22,24)/b21-14-. The number of nitrogens with one attached hydrogen (secondary N) is 1. The molecule has 0 aliphatic rings. The molecule has 0 unspecified atom stereocenters. The summed E-state index contributed by atoms with van der Waals surface area (Å²) in [5.74, 6) is 0.668. The molecule has 2 N–H and O–H groups in total. The minimum atomic E-state index is -0.153. The molecule has 25 heavy (non-hydrogen) atoms. The van der Waals surface area contributed by atoms with Crippen LogP contribution in [0.1, 0.15) is 12.0 Å². The first kappa shape index (κ1) is 17.0. The summed E-state index contributed by atoms with van der Waals surface area (Å²) < 4.78 is 0. The van der Waals surface area contributed by atoms with Crippen LogP contribution < -0.4 is 5.43 Å². The molecule has 0 bridgehead atoms. The number of phenols is 1. The molecule has 0 atom stereocenters. The van der Waals surface area contributed by atoms with Crippen LogP contribution in [0.3, 0.4) is 0 Å². The van der Waals surface area contributed by atoms with Crippen LogP contribution in [0.4, 0.5) is 0 Å². The molecule has 0 heterocycles. The minimum absolute atomic E-state index is 0.135. The van der Waals surface area contributed by atoms with Crippen LogP contribution in [0.25, 0.3) is 10.8 Å². The van der Waals surface area contributed by atoms with Crippen molar-refractivity contribution in [2.75, 3.05) is 5.75 Å². The third-order valence-electron chi connectivity index (χ3n) is 3.67. The number of benzene rings is 3. The van der Waals surface area contributed by atoms with E-state index >= 15 is 0 Å². The Kier molecular flexibility index (Phi) is 5.69. The molecular weight excluding hydrogens is 332 g/mol. The fourth-order valence-electron chi connectivity index (χ4n) is 2.42. The first-order valence-electron chi connectivity index (χ1n) is 7.94. The molecule has 1 amide bonds. The maximum Gasteiger partial charge on any atom is 0.240 e. The molecule has 0 fully saturated rings. The Labute approximate surface area is 150 Å². The Morgan fingerprint density at radius 1 is 1.04 bits per heavy atom. The molecule has 0 saturated heterocycles. The number of thioether (sulfide) groups is 1. The normalized spacial score (nSPS) is 11.0. The van der Waals surface area contributed by atoms with E-state index in [-0.39, 0.29) is 11.7 Å². The Hall–Kier alpha value is -2.79. The molecule has 0 aliphatic heterocycles. The van der Waals surface area contributed by atoms with Gasteiger partial charge in [-0.05, 0) is 29.0 Å². The van der Waals surface area contributed by atoms with Gasteiger partial charge in [0.25, 0.3) is 0 Å². The number of hydrazone groups is 1. The fraction of sp³-hybridized carbons (Fsp3) is 0.100. The van der Waals surface area contributed by atoms with Crippen LogP contribution in [-0.2, 0) is 4.79 Å². The molecule has 0 aromatic heterocycles. The van der Waals surface area contributed by atoms with Gasteiger partial charge >= 0.3 is 0 Å². The molecule has 3 aromatic carbocycles. The summed E-state index contributed by atoms with van der Waals surface area (Å²) in [5.41, 5.74) is 3.11. The van der Waals surface area contributed by atoms with Crippen molar-refractivity contribution in [1.29, 1.82) is 0 Å². The van der Waals surface area contributed by atoms with Gasteiger partial charge in [0, 0.05) is 22.6 Å². The van der Waals surface area contributed by atoms with Crippen LogP contribution in [0.15, 0.2) is 76.7 Å². The molecule has 0 spiro atoms. The van der Waals surface area contributed by atoms with Gasteiger partial charge in [-0.25, -0.2) is 5.43 Å². The van der Waals surface area contributed by atoms with Gasteiger partial charge in [0.1, 0.15) is 5.75 Å². The van der Waals surface area contributed by atoms with Crippen molar-refractivity contribution in [3.63, 3.8) is 0 Å². The second-order valence-electron chi connectivity index (χ2n) is 5.42. The van der Waals surface area contributed by atoms with Gasteiger partial charge in [-0.15, -0.1) is 11.8 Å². The lowest BCUT2D eigenvalue weighted by Gasteiger charge is -2.05. The number of aromatic hydroxyl groups is 1. The summed E-state index contributed by atoms with van der Waals surface area (Å²) in [6, 6.07) is 21.1. The first-order chi connectivity index (χ1) is 12.2. The van der Waals surface area contributed by atoms with Crippen LogP contribution in [0.5, 0.6) is 5.75 Å². The Balaban J connectivity index is 1.56. The van der Waals surface area contributed by atoms with Gasteiger partial charge in [-0.2, -0.15) is 5.10 Å². The highest BCUT2D eigenvalue weighted by molar-refractivity contribution is 7.99. The Morgan fingerprint density at radius 2 is 1.80 bits per heavy atom. The number of phenolic OH excluding ortho intramolecular Hbond substituents is 1. The number of fused-ring (bicyclic) bond motifs is 1. The van der Waals surface area contributed by atoms with E-state index in [4.69, 9.17) is 0 Å². The highest BCUT2D eigenvalue weighted by atomic mass is 32.2. The number of carbonyl (C=O) groups excluding carboxylic acids is 1. The number of rotatable bonds is 6. The first-order valence-corrected chi connectivity index (χ1v) is 8.93. The molecule has 126 valence electrons. The third-order valence-corrected chi connectivity index (χ3v) is 4.69. The van der Waals surface area contributed by atoms with Gasteiger partial charge in [0.15, 0.2) is 0 Å². The van der Waals surface area contributed by atoms with Gasteiger partial charge < -0.3 is 5.11 Å². The van der Waals surface area contributed by atoms with Gasteiger partial charge in [0.2, 0.25) is 5.91 Å². The maximum absolute atomic E-state index is 11.9. The van der Waals surface area contributed by atoms with E-state index in [1.165, 1.54) is 6.21 Å². The van der Waals surface area contributed by atoms with E-state index in [2.05, 4.69) is 10.5 Å². The van der Waals surface area contributed by atoms with Crippen molar-refractivity contribution in [3.05, 3.63) is 72.3 Å². The van der Waals surface area contributed by atoms with E-state index in [1.807, 2.05) is 60.7 Å². The molecular formula is C20H18N2O2S. The molecule has 3 aromatic rings. The van der Waals surface area contributed by atoms with Gasteiger partial charge in [-0.3, -0.25) is 4.79 Å². The van der Waals surface area contributed by atoms with Crippen molar-refractivity contribution in [1.82, 2.24) is 5.43 Å². The lowest BCUT2D eigenvalue weighted by molar-refractivity contribution is -0.120. The number of carbonyl (C=O) groups is 1. The number of hydrogen-bond donors (Lipinski definition) is 2. The molecule has 0 saturated carbocycles. The summed E-state index contributed by atoms with van der Waals surface area (Å²) in [6.45, 7) is 0. The van der Waals surface area contributed by atoms with E-state index in [0.717, 1.165) is 15.7 Å². The predicted molar refractivity (Wildman–Crippen MR) is 103 cm³/mol. The number of nitrogens with zero attached hydrogens (tertiary/aromatic N) is 1. The van der Waals surface area contributed by atoms with Crippen LogP contribution in [0, 0.1) is 0 Å². The largest absolute Gasteiger partial charge is 0.507 e. The summed E-state index contributed by atoms with van der Waals surface area (Å²) in [5, 5.41) is 15.9. The third kappa shape index (κ3) is 4.61. The summed E-state index contributed by atoms with van der Waals surface area (Å²) in [6.07, 6.45) is 1.86. The van der Waals surface area contributed by atoms with Crippen molar-refractivity contribution in [2.24, 2.45) is 5.10 Å². The van der Waals surface area contributed by atoms with E-state index < -0.39 is 0 Å². The van der Waals surface area contributed by atoms with Crippen LogP contribution in [-0.4, -0.2) is 23.0 Å². The van der Waals surface area contributed by atoms with Crippen molar-refractivity contribution < 1.29 is 9.90 Å². The van der Waals surface area contributed by atoms with Crippen LogP contribution in [0.2, 0.25) is 0 Å². The topological polar surface area (TPSA) is 61.7 Å². The van der Waals surface area contributed by atoms with Crippen molar-refractivity contribution >= 4 is 34.7 Å². The quantitative estimate of drug-likeness (QED) is 0.398. The lowest BCUT2D eigenvalue weighted by Crippen LogP contribution is -2.17. The molecule has 3 rings (SSSR count). The van der Waals surface area contributed by atoms with Gasteiger partial charge in [-0.1, -0.05) is 48.5 Å². The highest BCUT2D eigenvalue weighted by Gasteiger charge is 2.05. The zero-order valence-electron chi connectivity index (χ0n) is 13.6. The average molecular weight is 350 g/mol. The minimum Gasteiger partial charge on any atom is -0.507 e. The van der Waals surface area contributed by atoms with Crippen molar-refractivity contribution in [3.8, 4) is 5.75 Å². The van der Waals surface area contributed by atoms with E-state index in [1.54, 1.807) is 17.8 Å². The van der Waals surface area contributed by atoms with E-state index in [9.17, 15) is 9.90 Å². The SMILES string of the molecule is O=C(CCSc1ccccc1)N/N=C\c1c(O)ccc2ccccc12. The second-order valence-corrected chi connectivity index (χ2v) is 6.59. The fourth-order valence-corrected chi connectivity index (χ4v) is 3.30. The zero-order valence-corrected chi connectivity index (χ0v) is 14.4. The summed E-state index contributed by atoms with van der Waals surface area (Å²) >= 11 is 1.63. The predicted octanol–water partition coefficient (Wildman–Crippen LogP) is 4.18. The lowest BCUT2D eigenvalue weighted by atomic mass is 10.0. The molecule has 4 nitrogen and oxygen atoms in total.